The van der Waals surface area contributed by atoms with Crippen LogP contribution in [0.3, 0.4) is 0 Å². The molecule has 0 amide bonds. The molecule has 0 aliphatic carbocycles. The van der Waals surface area contributed by atoms with E-state index in [0.717, 1.165) is 0 Å². The summed E-state index contributed by atoms with van der Waals surface area (Å²) < 4.78 is 19.9. The summed E-state index contributed by atoms with van der Waals surface area (Å²) in [4.78, 5) is 28.1. The Kier molecular flexibility index (Phi) is 8.56. The number of carbonyl (C=O) groups is 1. The summed E-state index contributed by atoms with van der Waals surface area (Å²) in [5.74, 6) is -0.303. The first-order valence-electron chi connectivity index (χ1n) is 5.51. The van der Waals surface area contributed by atoms with Gasteiger partial charge in [-0.2, -0.15) is 0 Å². The first-order chi connectivity index (χ1) is 8.61. The fraction of sp³-hybridized carbons (Fsp3) is 0.889. The zero-order valence-corrected chi connectivity index (χ0v) is 11.0. The van der Waals surface area contributed by atoms with Crippen LogP contribution in [0.5, 0.6) is 0 Å². The number of phosphoric ester groups is 1. The monoisotopic (exact) mass is 324 g/mol. The van der Waals surface area contributed by atoms with Crippen LogP contribution in [0.4, 0.5) is 0 Å². The fourth-order valence-corrected chi connectivity index (χ4v) is 2.13. The van der Waals surface area contributed by atoms with Crippen LogP contribution in [0.15, 0.2) is 0 Å². The summed E-state index contributed by atoms with van der Waals surface area (Å²) in [6, 6.07) is 0. The molecule has 1 rings (SSSR count). The van der Waals surface area contributed by atoms with Gasteiger partial charge in [-0.15, -0.1) is 0 Å². The molecule has 1 aliphatic rings. The molecule has 0 radical (unpaired) electrons. The van der Waals surface area contributed by atoms with Crippen LogP contribution in [-0.2, 0) is 18.6 Å². The normalized spacial score (nSPS) is 34.4. The molecule has 1 heterocycles. The third-order valence-corrected chi connectivity index (χ3v) is 3.19. The van der Waals surface area contributed by atoms with Gasteiger partial charge in [-0.1, -0.05) is 0 Å². The van der Waals surface area contributed by atoms with Gasteiger partial charge in [0, 0.05) is 6.42 Å². The number of ether oxygens (including phenoxy) is 1. The molecule has 0 spiro atoms. The van der Waals surface area contributed by atoms with Crippen LogP contribution in [0.1, 0.15) is 13.3 Å². The molecule has 1 fully saturated rings. The van der Waals surface area contributed by atoms with Gasteiger partial charge >= 0.3 is 37.4 Å². The Morgan fingerprint density at radius 3 is 2.10 bits per heavy atom. The van der Waals surface area contributed by atoms with E-state index in [1.165, 1.54) is 6.92 Å². The number of aliphatic hydroxyl groups is 3. The van der Waals surface area contributed by atoms with E-state index in [2.05, 4.69) is 4.52 Å². The molecule has 5 unspecified atom stereocenters. The van der Waals surface area contributed by atoms with Crippen LogP contribution in [-0.4, -0.2) is 97.6 Å². The van der Waals surface area contributed by atoms with Crippen molar-refractivity contribution in [1.29, 1.82) is 0 Å². The van der Waals surface area contributed by atoms with Crippen molar-refractivity contribution in [2.24, 2.45) is 0 Å². The molecule has 114 valence electrons. The molecular weight excluding hydrogens is 306 g/mol. The average Bonchev–Trinajstić information content (AvgIpc) is 2.26. The molecule has 11 heteroatoms. The Balaban J connectivity index is 0.00000361. The molecule has 0 aromatic heterocycles. The van der Waals surface area contributed by atoms with E-state index >= 15 is 0 Å². The predicted molar refractivity (Wildman–Crippen MR) is 67.1 cm³/mol. The average molecular weight is 324 g/mol. The van der Waals surface area contributed by atoms with E-state index in [9.17, 15) is 24.7 Å². The Hall–Kier alpha value is 0.620. The summed E-state index contributed by atoms with van der Waals surface area (Å²) in [5.41, 5.74) is 0. The minimum absolute atomic E-state index is 0. The third-order valence-electron chi connectivity index (χ3n) is 2.71. The molecule has 1 saturated heterocycles. The summed E-state index contributed by atoms with van der Waals surface area (Å²) in [6.45, 7) is 0.582. The zero-order valence-electron chi connectivity index (χ0n) is 10.1. The predicted octanol–water partition coefficient (Wildman–Crippen LogP) is -2.72. The first-order valence-corrected chi connectivity index (χ1v) is 7.04. The summed E-state index contributed by atoms with van der Waals surface area (Å²) in [7, 11) is -4.74. The number of aliphatic hydroxyl groups excluding tert-OH is 3. The molecule has 0 bridgehead atoms. The van der Waals surface area contributed by atoms with Crippen LogP contribution in [0.2, 0.25) is 0 Å². The molecule has 9 nitrogen and oxygen atoms in total. The summed E-state index contributed by atoms with van der Waals surface area (Å²) in [6.07, 6.45) is -7.16. The van der Waals surface area contributed by atoms with Gasteiger partial charge in [0.2, 0.25) is 0 Å². The van der Waals surface area contributed by atoms with Crippen LogP contribution < -0.4 is 0 Å². The number of Topliss-reactive ketones (excluding diaryl/α,β-unsaturated/α-hetero) is 1. The Bertz CT molecular complexity index is 372. The van der Waals surface area contributed by atoms with Gasteiger partial charge in [-0.25, -0.2) is 4.57 Å². The molecule has 0 aromatic carbocycles. The van der Waals surface area contributed by atoms with Crippen molar-refractivity contribution in [1.82, 2.24) is 0 Å². The van der Waals surface area contributed by atoms with Crippen molar-refractivity contribution in [2.45, 2.75) is 43.9 Å². The number of carbonyl (C=O) groups excluding carboxylic acids is 1. The quantitative estimate of drug-likeness (QED) is 0.268. The maximum absolute atomic E-state index is 11.0. The first kappa shape index (κ1) is 20.6. The number of ketones is 1. The van der Waals surface area contributed by atoms with E-state index < -0.39 is 44.9 Å². The summed E-state index contributed by atoms with van der Waals surface area (Å²) >= 11 is 0. The standard InChI is InChI=1S/C9H17O9P.Na.H/c1-4(10)2-5-7(11)9(13)8(12)6(18-5)3-17-19(14,15)16;;/h5-9,11-13H,2-3H2,1H3,(H2,14,15,16);;. The summed E-state index contributed by atoms with van der Waals surface area (Å²) in [5, 5.41) is 28.8. The SMILES string of the molecule is CC(=O)CC1OC(COP(=O)(O)O)C(O)C(O)C1O.[NaH]. The molecule has 0 aromatic rings. The van der Waals surface area contributed by atoms with Crippen molar-refractivity contribution in [3.05, 3.63) is 0 Å². The van der Waals surface area contributed by atoms with E-state index in [4.69, 9.17) is 14.5 Å². The van der Waals surface area contributed by atoms with Crippen LogP contribution in [0.25, 0.3) is 0 Å². The number of hydrogen-bond donors (Lipinski definition) is 5. The van der Waals surface area contributed by atoms with E-state index in [1.807, 2.05) is 0 Å². The molecule has 1 aliphatic heterocycles. The van der Waals surface area contributed by atoms with Gasteiger partial charge in [0.05, 0.1) is 12.7 Å². The van der Waals surface area contributed by atoms with Gasteiger partial charge in [0.25, 0.3) is 0 Å². The van der Waals surface area contributed by atoms with Gasteiger partial charge < -0.3 is 29.8 Å². The van der Waals surface area contributed by atoms with Crippen molar-refractivity contribution in [2.75, 3.05) is 6.61 Å². The Labute approximate surface area is 137 Å². The topological polar surface area (TPSA) is 154 Å². The molecule has 20 heavy (non-hydrogen) atoms. The maximum atomic E-state index is 11.0. The van der Waals surface area contributed by atoms with Crippen LogP contribution in [0, 0.1) is 0 Å². The number of hydrogen-bond acceptors (Lipinski definition) is 7. The van der Waals surface area contributed by atoms with E-state index in [-0.39, 0.29) is 41.8 Å². The molecule has 0 saturated carbocycles. The minimum atomic E-state index is -4.74. The number of rotatable bonds is 5. The van der Waals surface area contributed by atoms with Crippen LogP contribution >= 0.6 is 7.82 Å². The second kappa shape index (κ2) is 8.30. The van der Waals surface area contributed by atoms with Gasteiger partial charge in [-0.3, -0.25) is 9.32 Å². The Morgan fingerprint density at radius 1 is 1.15 bits per heavy atom. The van der Waals surface area contributed by atoms with Crippen molar-refractivity contribution < 1.29 is 43.7 Å². The second-order valence-corrected chi connectivity index (χ2v) is 5.62. The Morgan fingerprint density at radius 2 is 1.65 bits per heavy atom. The second-order valence-electron chi connectivity index (χ2n) is 4.38. The van der Waals surface area contributed by atoms with E-state index in [1.54, 1.807) is 0 Å². The zero-order chi connectivity index (χ0) is 14.8. The van der Waals surface area contributed by atoms with Crippen molar-refractivity contribution in [3.8, 4) is 0 Å². The fourth-order valence-electron chi connectivity index (χ4n) is 1.79. The van der Waals surface area contributed by atoms with Gasteiger partial charge in [0.15, 0.2) is 0 Å². The van der Waals surface area contributed by atoms with Crippen molar-refractivity contribution in [3.63, 3.8) is 0 Å². The van der Waals surface area contributed by atoms with Gasteiger partial charge in [-0.05, 0) is 6.92 Å². The molecule has 5 N–H and O–H groups in total. The van der Waals surface area contributed by atoms with Gasteiger partial charge in [0.1, 0.15) is 30.2 Å². The van der Waals surface area contributed by atoms with E-state index in [0.29, 0.717) is 0 Å². The molecule has 5 atom stereocenters. The third kappa shape index (κ3) is 6.17. The molecular formula is C9H18NaO9P. The number of phosphoric acid groups is 1. The van der Waals surface area contributed by atoms with Crippen molar-refractivity contribution >= 4 is 43.2 Å².